The number of halogens is 4. The molecule has 0 aliphatic carbocycles. The molecular weight excluding hydrogens is 372 g/mol. The van der Waals surface area contributed by atoms with Gasteiger partial charge in [-0.15, -0.1) is 0 Å². The van der Waals surface area contributed by atoms with E-state index in [2.05, 4.69) is 15.9 Å². The van der Waals surface area contributed by atoms with Gasteiger partial charge in [0.2, 0.25) is 5.82 Å². The highest BCUT2D eigenvalue weighted by Gasteiger charge is 2.15. The summed E-state index contributed by atoms with van der Waals surface area (Å²) in [6.45, 7) is 0. The zero-order valence-electron chi connectivity index (χ0n) is 9.79. The molecule has 2 rings (SSSR count). The lowest BCUT2D eigenvalue weighted by molar-refractivity contribution is 0.415. The Hall–Kier alpha value is -1.24. The molecule has 0 fully saturated rings. The fraction of sp³-hybridized carbons (Fsp3) is 0. The largest absolute Gasteiger partial charge is 0.453 e. The normalized spacial score (nSPS) is 10.4. The number of hydrogen-bond acceptors (Lipinski definition) is 2. The third-order valence-corrected chi connectivity index (χ3v) is 3.30. The minimum Gasteiger partial charge on any atom is -0.453 e. The molecule has 0 heterocycles. The Bertz CT molecular complexity index is 696. The van der Waals surface area contributed by atoms with Gasteiger partial charge in [0.05, 0.1) is 5.56 Å². The first-order valence-corrected chi connectivity index (χ1v) is 6.88. The summed E-state index contributed by atoms with van der Waals surface area (Å²) in [6.07, 6.45) is 0. The minimum absolute atomic E-state index is 0.0402. The van der Waals surface area contributed by atoms with Crippen LogP contribution in [0.15, 0.2) is 34.8 Å². The fourth-order valence-electron chi connectivity index (χ4n) is 1.51. The van der Waals surface area contributed by atoms with Crippen LogP contribution < -0.4 is 10.5 Å². The fourth-order valence-corrected chi connectivity index (χ4v) is 2.25. The van der Waals surface area contributed by atoms with Crippen molar-refractivity contribution in [2.75, 3.05) is 0 Å². The summed E-state index contributed by atoms with van der Waals surface area (Å²) in [5, 5.41) is 0.404. The molecule has 0 saturated carbocycles. The molecule has 0 radical (unpaired) electrons. The van der Waals surface area contributed by atoms with Gasteiger partial charge in [-0.3, -0.25) is 0 Å². The quantitative estimate of drug-likeness (QED) is 0.615. The number of ether oxygens (including phenoxy) is 1. The standard InChI is InChI=1S/C13H7BrClF2NOS/c14-6-3-9(16)12(17)11(4-6)19-10-2-1-7(15)5-8(10)13(18)20/h1-5H,(H2,18,20). The third kappa shape index (κ3) is 3.26. The molecule has 0 aliphatic heterocycles. The highest BCUT2D eigenvalue weighted by Crippen LogP contribution is 2.32. The highest BCUT2D eigenvalue weighted by atomic mass is 79.9. The van der Waals surface area contributed by atoms with E-state index in [0.717, 1.165) is 6.07 Å². The Kier molecular flexibility index (Phi) is 4.57. The maximum absolute atomic E-state index is 13.7. The number of hydrogen-bond donors (Lipinski definition) is 1. The highest BCUT2D eigenvalue weighted by molar-refractivity contribution is 9.10. The predicted octanol–water partition coefficient (Wildman–Crippen LogP) is 4.81. The van der Waals surface area contributed by atoms with Crippen molar-refractivity contribution in [3.63, 3.8) is 0 Å². The summed E-state index contributed by atoms with van der Waals surface area (Å²) >= 11 is 13.8. The van der Waals surface area contributed by atoms with Gasteiger partial charge in [-0.05, 0) is 30.3 Å². The predicted molar refractivity (Wildman–Crippen MR) is 81.5 cm³/mol. The summed E-state index contributed by atoms with van der Waals surface area (Å²) in [5.41, 5.74) is 5.89. The van der Waals surface area contributed by atoms with Gasteiger partial charge in [0.25, 0.3) is 0 Å². The Morgan fingerprint density at radius 3 is 2.55 bits per heavy atom. The molecule has 0 aromatic heterocycles. The van der Waals surface area contributed by atoms with Gasteiger partial charge >= 0.3 is 0 Å². The van der Waals surface area contributed by atoms with Gasteiger partial charge in [0, 0.05) is 9.50 Å². The van der Waals surface area contributed by atoms with E-state index in [1.807, 2.05) is 0 Å². The van der Waals surface area contributed by atoms with E-state index in [1.165, 1.54) is 24.3 Å². The lowest BCUT2D eigenvalue weighted by atomic mass is 10.2. The lowest BCUT2D eigenvalue weighted by Gasteiger charge is -2.12. The molecule has 0 unspecified atom stereocenters. The van der Waals surface area contributed by atoms with Crippen LogP contribution in [0.4, 0.5) is 8.78 Å². The smallest absolute Gasteiger partial charge is 0.201 e. The average Bonchev–Trinajstić information content (AvgIpc) is 2.37. The number of thiocarbonyl (C=S) groups is 1. The summed E-state index contributed by atoms with van der Waals surface area (Å²) in [7, 11) is 0. The van der Waals surface area contributed by atoms with E-state index in [4.69, 9.17) is 34.3 Å². The Morgan fingerprint density at radius 2 is 1.90 bits per heavy atom. The third-order valence-electron chi connectivity index (χ3n) is 2.39. The number of benzene rings is 2. The van der Waals surface area contributed by atoms with Crippen molar-refractivity contribution in [3.05, 3.63) is 57.0 Å². The molecule has 7 heteroatoms. The zero-order valence-corrected chi connectivity index (χ0v) is 13.0. The molecule has 0 amide bonds. The molecule has 104 valence electrons. The zero-order chi connectivity index (χ0) is 14.9. The van der Waals surface area contributed by atoms with Gasteiger partial charge in [-0.25, -0.2) is 4.39 Å². The summed E-state index contributed by atoms with van der Waals surface area (Å²) in [4.78, 5) is 0.0402. The van der Waals surface area contributed by atoms with Crippen molar-refractivity contribution in [2.45, 2.75) is 0 Å². The Labute approximate surface area is 132 Å². The lowest BCUT2D eigenvalue weighted by Crippen LogP contribution is -2.11. The minimum atomic E-state index is -1.10. The maximum Gasteiger partial charge on any atom is 0.201 e. The molecule has 20 heavy (non-hydrogen) atoms. The molecule has 0 spiro atoms. The first-order chi connectivity index (χ1) is 9.38. The summed E-state index contributed by atoms with van der Waals surface area (Å²) < 4.78 is 32.7. The topological polar surface area (TPSA) is 35.2 Å². The van der Waals surface area contributed by atoms with E-state index >= 15 is 0 Å². The summed E-state index contributed by atoms with van der Waals surface area (Å²) in [5.74, 6) is -2.22. The first kappa shape index (κ1) is 15.2. The maximum atomic E-state index is 13.7. The Balaban J connectivity index is 2.48. The second kappa shape index (κ2) is 6.03. The molecule has 0 aliphatic rings. The van der Waals surface area contributed by atoms with Crippen LogP contribution in [0.1, 0.15) is 5.56 Å². The van der Waals surface area contributed by atoms with Crippen molar-refractivity contribution in [1.82, 2.24) is 0 Å². The van der Waals surface area contributed by atoms with Gasteiger partial charge in [0.1, 0.15) is 10.7 Å². The molecular formula is C13H7BrClF2NOS. The van der Waals surface area contributed by atoms with Crippen molar-refractivity contribution in [3.8, 4) is 11.5 Å². The second-order valence-electron chi connectivity index (χ2n) is 3.81. The second-order valence-corrected chi connectivity index (χ2v) is 5.60. The van der Waals surface area contributed by atoms with Crippen LogP contribution in [-0.2, 0) is 0 Å². The summed E-state index contributed by atoms with van der Waals surface area (Å²) in [6, 6.07) is 6.81. The first-order valence-electron chi connectivity index (χ1n) is 5.30. The van der Waals surface area contributed by atoms with Crippen LogP contribution in [0.3, 0.4) is 0 Å². The van der Waals surface area contributed by atoms with Crippen LogP contribution in [0.25, 0.3) is 0 Å². The van der Waals surface area contributed by atoms with Crippen LogP contribution in [0.2, 0.25) is 5.02 Å². The van der Waals surface area contributed by atoms with Gasteiger partial charge in [0.15, 0.2) is 11.6 Å². The molecule has 2 nitrogen and oxygen atoms in total. The van der Waals surface area contributed by atoms with E-state index in [0.29, 0.717) is 15.1 Å². The molecule has 0 bridgehead atoms. The molecule has 0 atom stereocenters. The van der Waals surface area contributed by atoms with E-state index < -0.39 is 11.6 Å². The van der Waals surface area contributed by atoms with E-state index in [-0.39, 0.29) is 16.5 Å². The number of nitrogens with two attached hydrogens (primary N) is 1. The van der Waals surface area contributed by atoms with Crippen molar-refractivity contribution >= 4 is 44.7 Å². The van der Waals surface area contributed by atoms with Gasteiger partial charge in [-0.1, -0.05) is 39.7 Å². The van der Waals surface area contributed by atoms with Gasteiger partial charge < -0.3 is 10.5 Å². The van der Waals surface area contributed by atoms with Crippen LogP contribution in [0.5, 0.6) is 11.5 Å². The number of rotatable bonds is 3. The van der Waals surface area contributed by atoms with E-state index in [1.54, 1.807) is 0 Å². The monoisotopic (exact) mass is 377 g/mol. The van der Waals surface area contributed by atoms with Gasteiger partial charge in [-0.2, -0.15) is 4.39 Å². The van der Waals surface area contributed by atoms with Crippen LogP contribution in [0, 0.1) is 11.6 Å². The molecule has 2 aromatic carbocycles. The van der Waals surface area contributed by atoms with Crippen molar-refractivity contribution < 1.29 is 13.5 Å². The van der Waals surface area contributed by atoms with Crippen LogP contribution >= 0.6 is 39.7 Å². The molecule has 2 aromatic rings. The van der Waals surface area contributed by atoms with Crippen molar-refractivity contribution in [1.29, 1.82) is 0 Å². The van der Waals surface area contributed by atoms with Crippen LogP contribution in [-0.4, -0.2) is 4.99 Å². The Morgan fingerprint density at radius 1 is 1.20 bits per heavy atom. The molecule has 0 saturated heterocycles. The SMILES string of the molecule is NC(=S)c1cc(Cl)ccc1Oc1cc(Br)cc(F)c1F. The van der Waals surface area contributed by atoms with E-state index in [9.17, 15) is 8.78 Å². The average molecular weight is 379 g/mol. The van der Waals surface area contributed by atoms with Crippen molar-refractivity contribution in [2.24, 2.45) is 5.73 Å². The molecule has 2 N–H and O–H groups in total.